The van der Waals surface area contributed by atoms with Crippen LogP contribution in [0.1, 0.15) is 5.69 Å². The van der Waals surface area contributed by atoms with Gasteiger partial charge in [0.15, 0.2) is 5.52 Å². The minimum absolute atomic E-state index is 0.911. The second kappa shape index (κ2) is 3.66. The molecule has 0 aliphatic heterocycles. The van der Waals surface area contributed by atoms with Crippen molar-refractivity contribution in [1.29, 1.82) is 0 Å². The minimum atomic E-state index is 0.911. The summed E-state index contributed by atoms with van der Waals surface area (Å²) in [6.07, 6.45) is 0. The number of hydrogen-bond acceptors (Lipinski definition) is 2. The summed E-state index contributed by atoms with van der Waals surface area (Å²) in [6, 6.07) is 14.1. The Hall–Kier alpha value is -2.23. The molecule has 0 radical (unpaired) electrons. The van der Waals surface area contributed by atoms with Crippen LogP contribution in [0.5, 0.6) is 0 Å². The maximum Gasteiger partial charge on any atom is 0.308 e. The number of pyridine rings is 1. The van der Waals surface area contributed by atoms with Crippen molar-refractivity contribution in [1.82, 2.24) is 15.0 Å². The Bertz CT molecular complexity index is 685. The Labute approximate surface area is 99.1 Å². The first-order valence-electron chi connectivity index (χ1n) is 5.54. The number of hydrogen-bond donors (Lipinski definition) is 0. The van der Waals surface area contributed by atoms with Crippen LogP contribution in [0.15, 0.2) is 42.5 Å². The topological polar surface area (TPSA) is 34.6 Å². The summed E-state index contributed by atoms with van der Waals surface area (Å²) in [4.78, 5) is 0. The number of aryl methyl sites for hydroxylation is 1. The monoisotopic (exact) mass is 225 g/mol. The summed E-state index contributed by atoms with van der Waals surface area (Å²) < 4.78 is 3.96. The van der Waals surface area contributed by atoms with E-state index in [9.17, 15) is 0 Å². The van der Waals surface area contributed by atoms with Crippen molar-refractivity contribution < 1.29 is 4.57 Å². The third kappa shape index (κ3) is 1.49. The number of benzene rings is 1. The fraction of sp³-hybridized carbons (Fsp3) is 0.154. The van der Waals surface area contributed by atoms with Gasteiger partial charge in [-0.3, -0.25) is 0 Å². The molecule has 0 amide bonds. The average molecular weight is 225 g/mol. The first-order valence-corrected chi connectivity index (χ1v) is 5.54. The second-order valence-corrected chi connectivity index (χ2v) is 4.07. The highest BCUT2D eigenvalue weighted by atomic mass is 15.5. The van der Waals surface area contributed by atoms with Crippen LogP contribution in [0.3, 0.4) is 0 Å². The van der Waals surface area contributed by atoms with Gasteiger partial charge in [0.1, 0.15) is 11.2 Å². The van der Waals surface area contributed by atoms with Gasteiger partial charge in [-0.2, -0.15) is 0 Å². The highest BCUT2D eigenvalue weighted by molar-refractivity contribution is 5.75. The van der Waals surface area contributed by atoms with Gasteiger partial charge in [-0.1, -0.05) is 22.9 Å². The first-order chi connectivity index (χ1) is 8.27. The lowest BCUT2D eigenvalue weighted by atomic mass is 10.3. The molecule has 0 aliphatic carbocycles. The zero-order valence-electron chi connectivity index (χ0n) is 9.83. The Morgan fingerprint density at radius 3 is 2.76 bits per heavy atom. The Balaban J connectivity index is 2.31. The fourth-order valence-electron chi connectivity index (χ4n) is 1.93. The highest BCUT2D eigenvalue weighted by Gasteiger charge is 2.16. The maximum absolute atomic E-state index is 4.21. The van der Waals surface area contributed by atoms with Crippen LogP contribution in [-0.4, -0.2) is 15.0 Å². The second-order valence-electron chi connectivity index (χ2n) is 4.07. The van der Waals surface area contributed by atoms with Crippen molar-refractivity contribution in [2.45, 2.75) is 6.92 Å². The van der Waals surface area contributed by atoms with E-state index in [-0.39, 0.29) is 0 Å². The van der Waals surface area contributed by atoms with Gasteiger partial charge < -0.3 is 0 Å². The molecule has 0 saturated carbocycles. The molecule has 4 nitrogen and oxygen atoms in total. The van der Waals surface area contributed by atoms with E-state index in [1.165, 1.54) is 5.69 Å². The van der Waals surface area contributed by atoms with Crippen LogP contribution in [0.2, 0.25) is 0 Å². The minimum Gasteiger partial charge on any atom is -0.232 e. The summed E-state index contributed by atoms with van der Waals surface area (Å²) >= 11 is 0. The molecule has 2 aromatic heterocycles. The van der Waals surface area contributed by atoms with Crippen LogP contribution >= 0.6 is 0 Å². The first kappa shape index (κ1) is 9.96. The van der Waals surface area contributed by atoms with Gasteiger partial charge >= 0.3 is 5.82 Å². The molecule has 0 spiro atoms. The van der Waals surface area contributed by atoms with Crippen molar-refractivity contribution in [3.8, 4) is 5.82 Å². The Morgan fingerprint density at radius 2 is 1.88 bits per heavy atom. The van der Waals surface area contributed by atoms with E-state index in [0.717, 1.165) is 16.9 Å². The van der Waals surface area contributed by atoms with Gasteiger partial charge in [-0.05, 0) is 25.1 Å². The number of nitrogens with zero attached hydrogens (tertiary/aromatic N) is 4. The van der Waals surface area contributed by atoms with Gasteiger partial charge in [0.05, 0.1) is 7.05 Å². The van der Waals surface area contributed by atoms with E-state index in [2.05, 4.69) is 27.9 Å². The molecule has 84 valence electrons. The maximum atomic E-state index is 4.21. The fourth-order valence-corrected chi connectivity index (χ4v) is 1.93. The zero-order valence-corrected chi connectivity index (χ0v) is 9.83. The molecule has 0 fully saturated rings. The van der Waals surface area contributed by atoms with Crippen molar-refractivity contribution >= 4 is 11.0 Å². The molecule has 17 heavy (non-hydrogen) atoms. The lowest BCUT2D eigenvalue weighted by Gasteiger charge is -2.01. The van der Waals surface area contributed by atoms with E-state index in [1.807, 2.05) is 48.1 Å². The van der Waals surface area contributed by atoms with Gasteiger partial charge in [0, 0.05) is 11.3 Å². The number of aromatic nitrogens is 4. The molecule has 2 heterocycles. The molecule has 0 saturated heterocycles. The summed E-state index contributed by atoms with van der Waals surface area (Å²) in [7, 11) is 2.03. The lowest BCUT2D eigenvalue weighted by Crippen LogP contribution is -2.37. The number of fused-ring (bicyclic) bond motifs is 1. The molecule has 3 aromatic rings. The summed E-state index contributed by atoms with van der Waals surface area (Å²) in [5, 5.41) is 8.38. The van der Waals surface area contributed by atoms with E-state index in [4.69, 9.17) is 0 Å². The van der Waals surface area contributed by atoms with E-state index in [1.54, 1.807) is 0 Å². The third-order valence-electron chi connectivity index (χ3n) is 3.02. The summed E-state index contributed by atoms with van der Waals surface area (Å²) in [6.45, 7) is 2.07. The van der Waals surface area contributed by atoms with Crippen molar-refractivity contribution in [3.63, 3.8) is 0 Å². The van der Waals surface area contributed by atoms with Gasteiger partial charge in [-0.25, -0.2) is 4.57 Å². The van der Waals surface area contributed by atoms with Crippen LogP contribution in [0.25, 0.3) is 16.9 Å². The molecule has 4 heteroatoms. The van der Waals surface area contributed by atoms with Gasteiger partial charge in [0.2, 0.25) is 0 Å². The predicted molar refractivity (Wildman–Crippen MR) is 64.8 cm³/mol. The predicted octanol–water partition coefficient (Wildman–Crippen LogP) is 1.55. The summed E-state index contributed by atoms with van der Waals surface area (Å²) in [5.41, 5.74) is 3.12. The van der Waals surface area contributed by atoms with Crippen LogP contribution in [0.4, 0.5) is 0 Å². The smallest absolute Gasteiger partial charge is 0.232 e. The quantitative estimate of drug-likeness (QED) is 0.589. The summed E-state index contributed by atoms with van der Waals surface area (Å²) in [5.74, 6) is 1.01. The van der Waals surface area contributed by atoms with Gasteiger partial charge in [-0.15, -0.1) is 5.10 Å². The van der Waals surface area contributed by atoms with Crippen molar-refractivity contribution in [2.75, 3.05) is 0 Å². The van der Waals surface area contributed by atoms with E-state index in [0.29, 0.717) is 0 Å². The van der Waals surface area contributed by atoms with E-state index < -0.39 is 0 Å². The highest BCUT2D eigenvalue weighted by Crippen LogP contribution is 2.13. The average Bonchev–Trinajstić information content (AvgIpc) is 2.77. The molecule has 3 rings (SSSR count). The normalized spacial score (nSPS) is 10.9. The van der Waals surface area contributed by atoms with Crippen molar-refractivity contribution in [3.05, 3.63) is 48.2 Å². The standard InChI is InChI=1S/C13H13N4/c1-10-6-5-9-13(16(10)2)17-12-8-4-3-7-11(12)14-15-17/h3-9H,1-2H3/q+1. The Morgan fingerprint density at radius 1 is 1.06 bits per heavy atom. The molecule has 0 N–H and O–H groups in total. The molecule has 0 atom stereocenters. The SMILES string of the molecule is Cc1cccc(-n2nnc3ccccc32)[n+]1C. The number of rotatable bonds is 1. The molecule has 0 aliphatic rings. The molecular weight excluding hydrogens is 212 g/mol. The van der Waals surface area contributed by atoms with Crippen molar-refractivity contribution in [2.24, 2.45) is 7.05 Å². The lowest BCUT2D eigenvalue weighted by molar-refractivity contribution is -0.672. The van der Waals surface area contributed by atoms with Crippen LogP contribution in [-0.2, 0) is 7.05 Å². The van der Waals surface area contributed by atoms with E-state index >= 15 is 0 Å². The molecule has 0 unspecified atom stereocenters. The molecule has 0 bridgehead atoms. The largest absolute Gasteiger partial charge is 0.308 e. The van der Waals surface area contributed by atoms with Gasteiger partial charge in [0.25, 0.3) is 0 Å². The molecule has 1 aromatic carbocycles. The van der Waals surface area contributed by atoms with Crippen LogP contribution in [0, 0.1) is 6.92 Å². The molecular formula is C13H13N4+. The van der Waals surface area contributed by atoms with Crippen LogP contribution < -0.4 is 4.57 Å². The third-order valence-corrected chi connectivity index (χ3v) is 3.02. The zero-order chi connectivity index (χ0) is 11.8. The number of para-hydroxylation sites is 1. The Kier molecular flexibility index (Phi) is 2.14.